The number of nitrogens with one attached hydrogen (secondary N) is 1. The maximum atomic E-state index is 14.4. The van der Waals surface area contributed by atoms with E-state index in [9.17, 15) is 17.6 Å². The van der Waals surface area contributed by atoms with Crippen LogP contribution in [0.2, 0.25) is 0 Å². The van der Waals surface area contributed by atoms with Crippen molar-refractivity contribution in [2.45, 2.75) is 18.3 Å². The van der Waals surface area contributed by atoms with Gasteiger partial charge in [-0.1, -0.05) is 12.1 Å². The lowest BCUT2D eigenvalue weighted by Crippen LogP contribution is -2.51. The topological polar surface area (TPSA) is 54.0 Å². The Balaban J connectivity index is 2.03. The van der Waals surface area contributed by atoms with Crippen LogP contribution in [0.25, 0.3) is 0 Å². The maximum Gasteiger partial charge on any atom is 0.586 e. The number of alkyl halides is 4. The molecule has 1 atom stereocenters. The molecule has 0 saturated carbocycles. The Kier molecular flexibility index (Phi) is 4.11. The summed E-state index contributed by atoms with van der Waals surface area (Å²) in [5.74, 6) is -4.22. The van der Waals surface area contributed by atoms with E-state index in [-0.39, 0.29) is 11.3 Å². The Morgan fingerprint density at radius 3 is 2.61 bits per heavy atom. The second kappa shape index (κ2) is 5.81. The van der Waals surface area contributed by atoms with Crippen molar-refractivity contribution in [2.75, 3.05) is 32.8 Å². The van der Waals surface area contributed by atoms with Crippen LogP contribution in [0.3, 0.4) is 0 Å². The third kappa shape index (κ3) is 3.08. The van der Waals surface area contributed by atoms with Crippen molar-refractivity contribution in [3.05, 3.63) is 23.8 Å². The molecule has 0 radical (unpaired) electrons. The van der Waals surface area contributed by atoms with Crippen molar-refractivity contribution in [2.24, 2.45) is 0 Å². The summed E-state index contributed by atoms with van der Waals surface area (Å²) < 4.78 is 64.0. The highest BCUT2D eigenvalue weighted by Gasteiger charge is 2.50. The van der Waals surface area contributed by atoms with Gasteiger partial charge < -0.3 is 19.9 Å². The van der Waals surface area contributed by atoms with Crippen LogP contribution < -0.4 is 14.8 Å². The average Bonchev–Trinajstić information content (AvgIpc) is 2.83. The monoisotopic (exact) mass is 336 g/mol. The second-order valence-electron chi connectivity index (χ2n) is 5.45. The van der Waals surface area contributed by atoms with Gasteiger partial charge in [-0.05, 0) is 6.07 Å². The molecule has 0 unspecified atom stereocenters. The second-order valence-corrected chi connectivity index (χ2v) is 5.45. The van der Waals surface area contributed by atoms with Gasteiger partial charge in [-0.25, -0.2) is 8.78 Å². The zero-order valence-electron chi connectivity index (χ0n) is 12.1. The van der Waals surface area contributed by atoms with Crippen molar-refractivity contribution in [3.63, 3.8) is 0 Å². The molecule has 5 nitrogen and oxygen atoms in total. The predicted molar refractivity (Wildman–Crippen MR) is 71.9 cm³/mol. The summed E-state index contributed by atoms with van der Waals surface area (Å²) in [6.45, 7) is 0.159. The van der Waals surface area contributed by atoms with Gasteiger partial charge in [-0.3, -0.25) is 4.90 Å². The molecule has 3 rings (SSSR count). The number of ether oxygens (including phenoxy) is 2. The minimum Gasteiger partial charge on any atom is -0.395 e. The lowest BCUT2D eigenvalue weighted by molar-refractivity contribution is -0.287. The number of para-hydroxylation sites is 1. The molecule has 2 heterocycles. The summed E-state index contributed by atoms with van der Waals surface area (Å²) in [6.07, 6.45) is -3.89. The van der Waals surface area contributed by atoms with E-state index in [4.69, 9.17) is 5.11 Å². The largest absolute Gasteiger partial charge is 0.586 e. The van der Waals surface area contributed by atoms with Crippen LogP contribution in [-0.2, 0) is 0 Å². The standard InChI is InChI=1S/C14H16F4N2O3/c15-13(16,8-21)12(20-6-4-19-5-7-20)9-2-1-3-10-11(9)23-14(17,18)22-10/h1-3,12,19,21H,4-8H2/t12-/m0/s1. The van der Waals surface area contributed by atoms with E-state index >= 15 is 0 Å². The van der Waals surface area contributed by atoms with Crippen LogP contribution in [-0.4, -0.2) is 55.0 Å². The van der Waals surface area contributed by atoms with Gasteiger partial charge in [0.2, 0.25) is 0 Å². The third-order valence-electron chi connectivity index (χ3n) is 3.88. The predicted octanol–water partition coefficient (Wildman–Crippen LogP) is 1.58. The summed E-state index contributed by atoms with van der Waals surface area (Å²) >= 11 is 0. The third-order valence-corrected chi connectivity index (χ3v) is 3.88. The number of piperazine rings is 1. The molecule has 2 aliphatic rings. The molecular weight excluding hydrogens is 320 g/mol. The lowest BCUT2D eigenvalue weighted by atomic mass is 9.97. The van der Waals surface area contributed by atoms with Crippen LogP contribution in [0.1, 0.15) is 11.6 Å². The first-order valence-corrected chi connectivity index (χ1v) is 7.16. The van der Waals surface area contributed by atoms with E-state index in [1.165, 1.54) is 23.1 Å². The van der Waals surface area contributed by atoms with Gasteiger partial charge in [-0.15, -0.1) is 8.78 Å². The van der Waals surface area contributed by atoms with Crippen molar-refractivity contribution >= 4 is 0 Å². The fraction of sp³-hybridized carbons (Fsp3) is 0.571. The van der Waals surface area contributed by atoms with Crippen LogP contribution in [0, 0.1) is 0 Å². The quantitative estimate of drug-likeness (QED) is 0.818. The molecule has 0 bridgehead atoms. The van der Waals surface area contributed by atoms with E-state index < -0.39 is 30.6 Å². The Hall–Kier alpha value is -1.58. The van der Waals surface area contributed by atoms with Crippen LogP contribution in [0.15, 0.2) is 18.2 Å². The van der Waals surface area contributed by atoms with Gasteiger partial charge in [0.05, 0.1) is 0 Å². The Morgan fingerprint density at radius 2 is 1.96 bits per heavy atom. The molecule has 0 aromatic heterocycles. The Morgan fingerprint density at radius 1 is 1.26 bits per heavy atom. The summed E-state index contributed by atoms with van der Waals surface area (Å²) in [4.78, 5) is 1.45. The highest BCUT2D eigenvalue weighted by molar-refractivity contribution is 5.50. The molecule has 1 saturated heterocycles. The Bertz CT molecular complexity index is 579. The van der Waals surface area contributed by atoms with Crippen LogP contribution in [0.5, 0.6) is 11.5 Å². The molecular formula is C14H16F4N2O3. The van der Waals surface area contributed by atoms with Gasteiger partial charge in [-0.2, -0.15) is 0 Å². The first-order chi connectivity index (χ1) is 10.8. The number of benzene rings is 1. The van der Waals surface area contributed by atoms with Crippen molar-refractivity contribution in [1.29, 1.82) is 0 Å². The number of fused-ring (bicyclic) bond motifs is 1. The van der Waals surface area contributed by atoms with Gasteiger partial charge >= 0.3 is 6.29 Å². The molecule has 9 heteroatoms. The molecule has 2 N–H and O–H groups in total. The Labute approximate surface area is 129 Å². The van der Waals surface area contributed by atoms with E-state index in [0.29, 0.717) is 26.2 Å². The first-order valence-electron chi connectivity index (χ1n) is 7.16. The van der Waals surface area contributed by atoms with E-state index in [0.717, 1.165) is 0 Å². The van der Waals surface area contributed by atoms with Crippen molar-refractivity contribution < 1.29 is 32.1 Å². The summed E-state index contributed by atoms with van der Waals surface area (Å²) in [7, 11) is 0. The van der Waals surface area contributed by atoms with Gasteiger partial charge in [0.25, 0.3) is 5.92 Å². The molecule has 1 aromatic rings. The zero-order chi connectivity index (χ0) is 16.7. The molecule has 23 heavy (non-hydrogen) atoms. The summed E-state index contributed by atoms with van der Waals surface area (Å²) in [5, 5.41) is 12.1. The van der Waals surface area contributed by atoms with E-state index in [1.54, 1.807) is 0 Å². The minimum atomic E-state index is -3.89. The first kappa shape index (κ1) is 16.3. The zero-order valence-corrected chi connectivity index (χ0v) is 12.1. The normalized spacial score (nSPS) is 22.1. The number of hydrogen-bond acceptors (Lipinski definition) is 5. The maximum absolute atomic E-state index is 14.4. The molecule has 0 spiro atoms. The number of aliphatic hydroxyl groups excluding tert-OH is 1. The molecule has 2 aliphatic heterocycles. The van der Waals surface area contributed by atoms with Crippen LogP contribution >= 0.6 is 0 Å². The van der Waals surface area contributed by atoms with Crippen molar-refractivity contribution in [1.82, 2.24) is 10.2 Å². The SMILES string of the molecule is OCC(F)(F)[C@H](c1cccc2c1OC(F)(F)O2)N1CCNCC1. The van der Waals surface area contributed by atoms with Gasteiger partial charge in [0.15, 0.2) is 11.5 Å². The number of nitrogens with zero attached hydrogens (tertiary/aromatic N) is 1. The average molecular weight is 336 g/mol. The fourth-order valence-corrected chi connectivity index (χ4v) is 2.92. The van der Waals surface area contributed by atoms with E-state index in [1.807, 2.05) is 0 Å². The van der Waals surface area contributed by atoms with Gasteiger partial charge in [0.1, 0.15) is 12.6 Å². The van der Waals surface area contributed by atoms with Gasteiger partial charge in [0, 0.05) is 31.7 Å². The summed E-state index contributed by atoms with van der Waals surface area (Å²) in [6, 6.07) is 2.29. The minimum absolute atomic E-state index is 0.124. The number of halogens is 4. The fourth-order valence-electron chi connectivity index (χ4n) is 2.92. The number of hydrogen-bond donors (Lipinski definition) is 2. The van der Waals surface area contributed by atoms with Crippen molar-refractivity contribution in [3.8, 4) is 11.5 Å². The van der Waals surface area contributed by atoms with E-state index in [2.05, 4.69) is 14.8 Å². The summed E-state index contributed by atoms with van der Waals surface area (Å²) in [5.41, 5.74) is -0.124. The number of rotatable bonds is 4. The number of aliphatic hydroxyl groups is 1. The highest BCUT2D eigenvalue weighted by atomic mass is 19.3. The lowest BCUT2D eigenvalue weighted by Gasteiger charge is -2.38. The molecule has 0 amide bonds. The highest BCUT2D eigenvalue weighted by Crippen LogP contribution is 2.49. The molecule has 0 aliphatic carbocycles. The smallest absolute Gasteiger partial charge is 0.395 e. The van der Waals surface area contributed by atoms with Crippen LogP contribution in [0.4, 0.5) is 17.6 Å². The molecule has 128 valence electrons. The molecule has 1 aromatic carbocycles. The molecule has 1 fully saturated rings.